The van der Waals surface area contributed by atoms with Crippen molar-refractivity contribution in [3.63, 3.8) is 0 Å². The van der Waals surface area contributed by atoms with Crippen molar-refractivity contribution >= 4 is 23.9 Å². The predicted molar refractivity (Wildman–Crippen MR) is 135 cm³/mol. The molecule has 0 atom stereocenters. The minimum Gasteiger partial charge on any atom is -0.497 e. The maximum absolute atomic E-state index is 12.5. The first kappa shape index (κ1) is 24.0. The molecule has 0 radical (unpaired) electrons. The summed E-state index contributed by atoms with van der Waals surface area (Å²) in [5.41, 5.74) is 6.18. The van der Waals surface area contributed by atoms with Crippen LogP contribution in [0.15, 0.2) is 77.2 Å². The summed E-state index contributed by atoms with van der Waals surface area (Å²) < 4.78 is 12.5. The van der Waals surface area contributed by atoms with Crippen LogP contribution in [-0.4, -0.2) is 51.8 Å². The molecule has 0 fully saturated rings. The molecule has 2 aromatic carbocycles. The van der Waals surface area contributed by atoms with Gasteiger partial charge in [0.2, 0.25) is 0 Å². The van der Waals surface area contributed by atoms with Crippen molar-refractivity contribution in [2.24, 2.45) is 5.10 Å². The van der Waals surface area contributed by atoms with Gasteiger partial charge in [-0.25, -0.2) is 5.43 Å². The van der Waals surface area contributed by atoms with Gasteiger partial charge < -0.3 is 9.47 Å². The topological polar surface area (TPSA) is 104 Å². The lowest BCUT2D eigenvalue weighted by Gasteiger charge is -2.10. The molecule has 0 saturated heterocycles. The van der Waals surface area contributed by atoms with Crippen molar-refractivity contribution in [1.82, 2.24) is 25.2 Å². The summed E-state index contributed by atoms with van der Waals surface area (Å²) in [6.45, 7) is 2.03. The van der Waals surface area contributed by atoms with Gasteiger partial charge >= 0.3 is 0 Å². The van der Waals surface area contributed by atoms with E-state index in [1.807, 2.05) is 47.9 Å². The molecular weight excluding hydrogens is 464 g/mol. The molecule has 1 amide bonds. The normalized spacial score (nSPS) is 10.9. The zero-order valence-electron chi connectivity index (χ0n) is 19.5. The standard InChI is InChI=1S/C25H24N6O3S/c1-17-4-7-20(8-5-17)31-24(18-10-12-26-13-11-18)29-30-25(31)35-16-23(32)28-27-15-19-6-9-21(33-2)14-22(19)34-3/h4-15H,16H2,1-3H3,(H,28,32). The number of pyridine rings is 1. The van der Waals surface area contributed by atoms with Crippen LogP contribution in [0.1, 0.15) is 11.1 Å². The summed E-state index contributed by atoms with van der Waals surface area (Å²) in [7, 11) is 3.14. The lowest BCUT2D eigenvalue weighted by atomic mass is 10.2. The van der Waals surface area contributed by atoms with Crippen molar-refractivity contribution in [3.05, 3.63) is 78.1 Å². The maximum atomic E-state index is 12.5. The van der Waals surface area contributed by atoms with E-state index in [1.165, 1.54) is 18.0 Å². The molecule has 178 valence electrons. The van der Waals surface area contributed by atoms with E-state index in [-0.39, 0.29) is 11.7 Å². The van der Waals surface area contributed by atoms with Crippen LogP contribution in [0.3, 0.4) is 0 Å². The van der Waals surface area contributed by atoms with Crippen LogP contribution in [0.5, 0.6) is 11.5 Å². The van der Waals surface area contributed by atoms with Crippen LogP contribution < -0.4 is 14.9 Å². The van der Waals surface area contributed by atoms with Gasteiger partial charge in [0.1, 0.15) is 11.5 Å². The van der Waals surface area contributed by atoms with Crippen molar-refractivity contribution in [2.75, 3.05) is 20.0 Å². The summed E-state index contributed by atoms with van der Waals surface area (Å²) >= 11 is 1.28. The van der Waals surface area contributed by atoms with E-state index in [0.29, 0.717) is 28.0 Å². The largest absolute Gasteiger partial charge is 0.497 e. The van der Waals surface area contributed by atoms with Crippen molar-refractivity contribution in [3.8, 4) is 28.6 Å². The third-order valence-corrected chi connectivity index (χ3v) is 5.96. The lowest BCUT2D eigenvalue weighted by Crippen LogP contribution is -2.20. The zero-order chi connectivity index (χ0) is 24.6. The SMILES string of the molecule is COc1ccc(C=NNC(=O)CSc2nnc(-c3ccncc3)n2-c2ccc(C)cc2)c(OC)c1. The highest BCUT2D eigenvalue weighted by molar-refractivity contribution is 7.99. The second-order valence-electron chi connectivity index (χ2n) is 7.40. The highest BCUT2D eigenvalue weighted by Gasteiger charge is 2.17. The fraction of sp³-hybridized carbons (Fsp3) is 0.160. The molecule has 0 spiro atoms. The number of hydrogen-bond donors (Lipinski definition) is 1. The molecule has 9 nitrogen and oxygen atoms in total. The monoisotopic (exact) mass is 488 g/mol. The van der Waals surface area contributed by atoms with E-state index in [4.69, 9.17) is 9.47 Å². The third-order valence-electron chi connectivity index (χ3n) is 5.03. The van der Waals surface area contributed by atoms with Gasteiger partial charge in [-0.2, -0.15) is 5.10 Å². The number of carbonyl (C=O) groups excluding carboxylic acids is 1. The number of ether oxygens (including phenoxy) is 2. The highest BCUT2D eigenvalue weighted by atomic mass is 32.2. The molecule has 0 aliphatic rings. The first-order chi connectivity index (χ1) is 17.1. The quantitative estimate of drug-likeness (QED) is 0.216. The molecule has 4 rings (SSSR count). The third kappa shape index (κ3) is 5.85. The number of aryl methyl sites for hydroxylation is 1. The Bertz CT molecular complexity index is 1320. The van der Waals surface area contributed by atoms with Crippen LogP contribution in [0, 0.1) is 6.92 Å². The maximum Gasteiger partial charge on any atom is 0.250 e. The van der Waals surface area contributed by atoms with E-state index < -0.39 is 0 Å². The molecule has 35 heavy (non-hydrogen) atoms. The number of methoxy groups -OCH3 is 2. The summed E-state index contributed by atoms with van der Waals surface area (Å²) in [6.07, 6.45) is 4.94. The summed E-state index contributed by atoms with van der Waals surface area (Å²) in [5, 5.41) is 13.4. The number of amides is 1. The molecule has 4 aromatic rings. The summed E-state index contributed by atoms with van der Waals surface area (Å²) in [6, 6.07) is 17.1. The second-order valence-corrected chi connectivity index (χ2v) is 8.35. The summed E-state index contributed by atoms with van der Waals surface area (Å²) in [5.74, 6) is 1.76. The van der Waals surface area contributed by atoms with Crippen LogP contribution in [0.2, 0.25) is 0 Å². The van der Waals surface area contributed by atoms with Gasteiger partial charge in [-0.05, 0) is 43.3 Å². The Balaban J connectivity index is 1.48. The van der Waals surface area contributed by atoms with Crippen molar-refractivity contribution < 1.29 is 14.3 Å². The van der Waals surface area contributed by atoms with Crippen LogP contribution in [-0.2, 0) is 4.79 Å². The number of thioether (sulfide) groups is 1. The molecule has 0 aliphatic heterocycles. The average molecular weight is 489 g/mol. The average Bonchev–Trinajstić information content (AvgIpc) is 3.32. The van der Waals surface area contributed by atoms with Gasteiger partial charge in [0.25, 0.3) is 5.91 Å². The van der Waals surface area contributed by atoms with Crippen LogP contribution >= 0.6 is 11.8 Å². The number of nitrogens with zero attached hydrogens (tertiary/aromatic N) is 5. The Morgan fingerprint density at radius 2 is 1.83 bits per heavy atom. The number of nitrogens with one attached hydrogen (secondary N) is 1. The molecule has 0 bridgehead atoms. The summed E-state index contributed by atoms with van der Waals surface area (Å²) in [4.78, 5) is 16.5. The molecule has 10 heteroatoms. The van der Waals surface area contributed by atoms with Crippen LogP contribution in [0.25, 0.3) is 17.1 Å². The first-order valence-corrected chi connectivity index (χ1v) is 11.7. The first-order valence-electron chi connectivity index (χ1n) is 10.7. The van der Waals surface area contributed by atoms with E-state index in [1.54, 1.807) is 44.8 Å². The number of hydrazone groups is 1. The number of aromatic nitrogens is 4. The lowest BCUT2D eigenvalue weighted by molar-refractivity contribution is -0.118. The van der Waals surface area contributed by atoms with E-state index in [2.05, 4.69) is 25.7 Å². The molecule has 2 aromatic heterocycles. The number of carbonyl (C=O) groups is 1. The molecule has 1 N–H and O–H groups in total. The van der Waals surface area contributed by atoms with Crippen molar-refractivity contribution in [1.29, 1.82) is 0 Å². The highest BCUT2D eigenvalue weighted by Crippen LogP contribution is 2.28. The molecule has 0 saturated carbocycles. The van der Waals surface area contributed by atoms with Gasteiger partial charge in [0, 0.05) is 35.3 Å². The number of hydrogen-bond acceptors (Lipinski definition) is 8. The molecular formula is C25H24N6O3S. The molecule has 0 unspecified atom stereocenters. The molecule has 2 heterocycles. The Morgan fingerprint density at radius 1 is 1.06 bits per heavy atom. The Morgan fingerprint density at radius 3 is 2.54 bits per heavy atom. The van der Waals surface area contributed by atoms with Crippen LogP contribution in [0.4, 0.5) is 0 Å². The van der Waals surface area contributed by atoms with E-state index in [0.717, 1.165) is 16.8 Å². The Hall–Kier alpha value is -4.18. The Kier molecular flexibility index (Phi) is 7.74. The van der Waals surface area contributed by atoms with Gasteiger partial charge in [-0.1, -0.05) is 29.5 Å². The van der Waals surface area contributed by atoms with Gasteiger partial charge in [-0.15, -0.1) is 10.2 Å². The smallest absolute Gasteiger partial charge is 0.250 e. The fourth-order valence-electron chi connectivity index (χ4n) is 3.24. The van der Waals surface area contributed by atoms with Crippen molar-refractivity contribution in [2.45, 2.75) is 12.1 Å². The van der Waals surface area contributed by atoms with Gasteiger partial charge in [0.15, 0.2) is 11.0 Å². The fourth-order valence-corrected chi connectivity index (χ4v) is 3.98. The van der Waals surface area contributed by atoms with Gasteiger partial charge in [0.05, 0.1) is 26.2 Å². The van der Waals surface area contributed by atoms with Gasteiger partial charge in [-0.3, -0.25) is 14.3 Å². The number of rotatable bonds is 9. The van der Waals surface area contributed by atoms with E-state index >= 15 is 0 Å². The zero-order valence-corrected chi connectivity index (χ0v) is 20.3. The van der Waals surface area contributed by atoms with E-state index in [9.17, 15) is 4.79 Å². The minimum absolute atomic E-state index is 0.109. The predicted octanol–water partition coefficient (Wildman–Crippen LogP) is 3.90. The second kappa shape index (κ2) is 11.3. The Labute approximate surface area is 207 Å². The minimum atomic E-state index is -0.275. The molecule has 0 aliphatic carbocycles. The number of benzene rings is 2.